The molecule has 4 rings (SSSR count). The fourth-order valence-electron chi connectivity index (χ4n) is 4.48. The Balaban J connectivity index is 1.39. The van der Waals surface area contributed by atoms with Gasteiger partial charge in [-0.15, -0.1) is 0 Å². The second-order valence-corrected chi connectivity index (χ2v) is 7.45. The molecule has 0 saturated carbocycles. The van der Waals surface area contributed by atoms with Crippen molar-refractivity contribution in [3.63, 3.8) is 0 Å². The summed E-state index contributed by atoms with van der Waals surface area (Å²) in [6.07, 6.45) is 2.86. The highest BCUT2D eigenvalue weighted by atomic mass is 16.5. The third-order valence-electron chi connectivity index (χ3n) is 5.82. The summed E-state index contributed by atoms with van der Waals surface area (Å²) in [5, 5.41) is 10.7. The van der Waals surface area contributed by atoms with E-state index >= 15 is 0 Å². The number of ether oxygens (including phenoxy) is 2. The highest BCUT2D eigenvalue weighted by molar-refractivity contribution is 5.23. The number of nitrogens with zero attached hydrogens (tertiary/aromatic N) is 1. The standard InChI is InChI=1S/C19H27NO3/c21-18-12-20(11-15-6-8-22-9-7-15)14-19(18)10-17(13-23-19)16-4-2-1-3-5-16/h1-5,15,17-18,21H,6-14H2/t17-,18+,19+/m0/s1. The smallest absolute Gasteiger partial charge is 0.109 e. The van der Waals surface area contributed by atoms with Gasteiger partial charge in [0.25, 0.3) is 0 Å². The number of β-amino-alcohol motifs (C(OH)–C–C–N with tert-alkyl or cyclic N) is 1. The second kappa shape index (κ2) is 6.52. The summed E-state index contributed by atoms with van der Waals surface area (Å²) in [6.45, 7) is 5.19. The Hall–Kier alpha value is -0.940. The summed E-state index contributed by atoms with van der Waals surface area (Å²) in [6, 6.07) is 10.6. The quantitative estimate of drug-likeness (QED) is 0.926. The van der Waals surface area contributed by atoms with E-state index in [1.807, 2.05) is 0 Å². The normalized spacial score (nSPS) is 36.0. The largest absolute Gasteiger partial charge is 0.389 e. The van der Waals surface area contributed by atoms with E-state index in [-0.39, 0.29) is 11.7 Å². The van der Waals surface area contributed by atoms with Gasteiger partial charge in [-0.25, -0.2) is 0 Å². The van der Waals surface area contributed by atoms with E-state index in [9.17, 15) is 5.11 Å². The van der Waals surface area contributed by atoms with Crippen LogP contribution >= 0.6 is 0 Å². The molecule has 1 aromatic rings. The van der Waals surface area contributed by atoms with Crippen molar-refractivity contribution >= 4 is 0 Å². The van der Waals surface area contributed by atoms with Crippen molar-refractivity contribution in [2.45, 2.75) is 36.9 Å². The van der Waals surface area contributed by atoms with Crippen molar-refractivity contribution in [1.82, 2.24) is 4.90 Å². The van der Waals surface area contributed by atoms with E-state index in [0.717, 1.165) is 58.7 Å². The molecule has 1 aromatic carbocycles. The predicted molar refractivity (Wildman–Crippen MR) is 88.5 cm³/mol. The number of benzene rings is 1. The van der Waals surface area contributed by atoms with E-state index in [1.54, 1.807) is 0 Å². The van der Waals surface area contributed by atoms with Gasteiger partial charge < -0.3 is 14.6 Å². The van der Waals surface area contributed by atoms with Gasteiger partial charge in [-0.05, 0) is 30.7 Å². The Morgan fingerprint density at radius 3 is 2.74 bits per heavy atom. The molecule has 126 valence electrons. The molecule has 3 fully saturated rings. The first-order chi connectivity index (χ1) is 11.3. The number of hydrogen-bond acceptors (Lipinski definition) is 4. The molecular weight excluding hydrogens is 290 g/mol. The first-order valence-corrected chi connectivity index (χ1v) is 8.92. The molecular formula is C19H27NO3. The Kier molecular flexibility index (Phi) is 4.41. The van der Waals surface area contributed by atoms with Crippen LogP contribution in [0.3, 0.4) is 0 Å². The fourth-order valence-corrected chi connectivity index (χ4v) is 4.48. The number of hydrogen-bond donors (Lipinski definition) is 1. The zero-order chi connectivity index (χ0) is 15.7. The summed E-state index contributed by atoms with van der Waals surface area (Å²) in [5.41, 5.74) is 0.977. The van der Waals surface area contributed by atoms with Crippen LogP contribution in [0.25, 0.3) is 0 Å². The van der Waals surface area contributed by atoms with Crippen LogP contribution in [0.15, 0.2) is 30.3 Å². The Bertz CT molecular complexity index is 517. The molecule has 0 bridgehead atoms. The van der Waals surface area contributed by atoms with Crippen LogP contribution in [0.2, 0.25) is 0 Å². The van der Waals surface area contributed by atoms with Crippen molar-refractivity contribution in [3.8, 4) is 0 Å². The van der Waals surface area contributed by atoms with E-state index in [2.05, 4.69) is 35.2 Å². The molecule has 0 aliphatic carbocycles. The van der Waals surface area contributed by atoms with Crippen LogP contribution in [0, 0.1) is 5.92 Å². The highest BCUT2D eigenvalue weighted by Crippen LogP contribution is 2.42. The SMILES string of the molecule is O[C@@H]1CN(CC2CCOCC2)C[C@]12C[C@H](c1ccccc1)CO2. The second-order valence-electron chi connectivity index (χ2n) is 7.45. The van der Waals surface area contributed by atoms with Crippen LogP contribution in [0.1, 0.15) is 30.7 Å². The van der Waals surface area contributed by atoms with Crippen LogP contribution < -0.4 is 0 Å². The monoisotopic (exact) mass is 317 g/mol. The maximum absolute atomic E-state index is 10.7. The summed E-state index contributed by atoms with van der Waals surface area (Å²) < 4.78 is 11.6. The molecule has 4 heteroatoms. The number of rotatable bonds is 3. The van der Waals surface area contributed by atoms with Crippen LogP contribution in [0.5, 0.6) is 0 Å². The molecule has 1 N–H and O–H groups in total. The molecule has 3 aliphatic rings. The molecule has 4 nitrogen and oxygen atoms in total. The average molecular weight is 317 g/mol. The minimum Gasteiger partial charge on any atom is -0.389 e. The van der Waals surface area contributed by atoms with Crippen LogP contribution in [-0.4, -0.2) is 61.2 Å². The molecule has 0 aromatic heterocycles. The van der Waals surface area contributed by atoms with Gasteiger partial charge in [0.1, 0.15) is 5.60 Å². The molecule has 0 unspecified atom stereocenters. The maximum Gasteiger partial charge on any atom is 0.109 e. The van der Waals surface area contributed by atoms with Gasteiger partial charge in [-0.3, -0.25) is 4.90 Å². The molecule has 3 saturated heterocycles. The molecule has 23 heavy (non-hydrogen) atoms. The van der Waals surface area contributed by atoms with Gasteiger partial charge in [0.05, 0.1) is 12.7 Å². The lowest BCUT2D eigenvalue weighted by molar-refractivity contribution is -0.0596. The van der Waals surface area contributed by atoms with E-state index in [0.29, 0.717) is 11.8 Å². The molecule has 0 amide bonds. The van der Waals surface area contributed by atoms with E-state index in [4.69, 9.17) is 9.47 Å². The molecule has 1 spiro atoms. The lowest BCUT2D eigenvalue weighted by Gasteiger charge is -2.28. The lowest BCUT2D eigenvalue weighted by atomic mass is 9.87. The van der Waals surface area contributed by atoms with Gasteiger partial charge in [0, 0.05) is 38.8 Å². The first-order valence-electron chi connectivity index (χ1n) is 8.92. The minimum absolute atomic E-state index is 0.355. The summed E-state index contributed by atoms with van der Waals surface area (Å²) in [5.74, 6) is 1.12. The van der Waals surface area contributed by atoms with Crippen molar-refractivity contribution in [1.29, 1.82) is 0 Å². The van der Waals surface area contributed by atoms with Crippen LogP contribution in [0.4, 0.5) is 0 Å². The Morgan fingerprint density at radius 2 is 1.96 bits per heavy atom. The molecule has 3 atom stereocenters. The van der Waals surface area contributed by atoms with Gasteiger partial charge in [0.15, 0.2) is 0 Å². The first kappa shape index (κ1) is 15.6. The van der Waals surface area contributed by atoms with E-state index < -0.39 is 0 Å². The molecule has 3 aliphatic heterocycles. The highest BCUT2D eigenvalue weighted by Gasteiger charge is 2.52. The van der Waals surface area contributed by atoms with Gasteiger partial charge in [0.2, 0.25) is 0 Å². The summed E-state index contributed by atoms with van der Waals surface area (Å²) in [7, 11) is 0. The summed E-state index contributed by atoms with van der Waals surface area (Å²) >= 11 is 0. The maximum atomic E-state index is 10.7. The third-order valence-corrected chi connectivity index (χ3v) is 5.82. The van der Waals surface area contributed by atoms with Gasteiger partial charge in [-0.1, -0.05) is 30.3 Å². The molecule has 0 radical (unpaired) electrons. The number of aliphatic hydroxyl groups excluding tert-OH is 1. The minimum atomic E-state index is -0.365. The van der Waals surface area contributed by atoms with Crippen molar-refractivity contribution < 1.29 is 14.6 Å². The zero-order valence-electron chi connectivity index (χ0n) is 13.7. The average Bonchev–Trinajstić information content (AvgIpc) is 3.14. The van der Waals surface area contributed by atoms with Crippen LogP contribution in [-0.2, 0) is 9.47 Å². The topological polar surface area (TPSA) is 41.9 Å². The predicted octanol–water partition coefficient (Wildman–Crippen LogP) is 2.03. The number of aliphatic hydroxyl groups is 1. The van der Waals surface area contributed by atoms with Crippen molar-refractivity contribution in [2.24, 2.45) is 5.92 Å². The zero-order valence-corrected chi connectivity index (χ0v) is 13.7. The van der Waals surface area contributed by atoms with E-state index in [1.165, 1.54) is 5.56 Å². The lowest BCUT2D eigenvalue weighted by Crippen LogP contribution is -2.41. The molecule has 3 heterocycles. The van der Waals surface area contributed by atoms with Crippen molar-refractivity contribution in [3.05, 3.63) is 35.9 Å². The van der Waals surface area contributed by atoms with Gasteiger partial charge >= 0.3 is 0 Å². The fraction of sp³-hybridized carbons (Fsp3) is 0.684. The third kappa shape index (κ3) is 3.18. The van der Waals surface area contributed by atoms with Gasteiger partial charge in [-0.2, -0.15) is 0 Å². The Morgan fingerprint density at radius 1 is 1.17 bits per heavy atom. The summed E-state index contributed by atoms with van der Waals surface area (Å²) in [4.78, 5) is 2.41. The van der Waals surface area contributed by atoms with Crippen molar-refractivity contribution in [2.75, 3.05) is 39.5 Å². The Labute approximate surface area is 138 Å². The number of likely N-dealkylation sites (tertiary alicyclic amines) is 1.